The van der Waals surface area contributed by atoms with Gasteiger partial charge in [0.2, 0.25) is 0 Å². The largest absolute Gasteiger partial charge is 0.481 e. The topological polar surface area (TPSA) is 42.2 Å². The summed E-state index contributed by atoms with van der Waals surface area (Å²) in [5.74, 6) is -0.921. The summed E-state index contributed by atoms with van der Waals surface area (Å²) in [6, 6.07) is 11.6. The maximum atomic E-state index is 13.1. The number of hydrogen-bond acceptors (Lipinski definition) is 1. The minimum Gasteiger partial charge on any atom is -0.481 e. The van der Waals surface area contributed by atoms with Crippen LogP contribution in [0.2, 0.25) is 0 Å². The predicted molar refractivity (Wildman–Crippen MR) is 119 cm³/mol. The number of fused-ring (bicyclic) bond motifs is 3. The lowest BCUT2D eigenvalue weighted by molar-refractivity contribution is -0.138. The van der Waals surface area contributed by atoms with Gasteiger partial charge in [0.25, 0.3) is 0 Å². The van der Waals surface area contributed by atoms with Crippen LogP contribution >= 0.6 is 0 Å². The zero-order valence-electron chi connectivity index (χ0n) is 18.4. The first-order valence-corrected chi connectivity index (χ1v) is 11.2. The van der Waals surface area contributed by atoms with E-state index in [0.29, 0.717) is 0 Å². The van der Waals surface area contributed by atoms with Gasteiger partial charge in [-0.2, -0.15) is 13.2 Å². The first-order chi connectivity index (χ1) is 15.2. The highest BCUT2D eigenvalue weighted by molar-refractivity contribution is 5.87. The van der Waals surface area contributed by atoms with Crippen LogP contribution in [-0.4, -0.2) is 15.6 Å². The molecule has 2 atom stereocenters. The molecule has 2 aromatic carbocycles. The molecule has 1 aromatic heterocycles. The minimum atomic E-state index is -4.37. The van der Waals surface area contributed by atoms with Crippen LogP contribution in [0.4, 0.5) is 13.2 Å². The highest BCUT2D eigenvalue weighted by Crippen LogP contribution is 2.44. The Morgan fingerprint density at radius 1 is 1.19 bits per heavy atom. The van der Waals surface area contributed by atoms with Crippen LogP contribution in [-0.2, 0) is 17.4 Å². The Kier molecular flexibility index (Phi) is 6.06. The SMILES string of the molecule is CCCC(c1ccc(C(F)(F)F)cc1)n1c2c(c3cc(C)ccc31)CCCC2CC(=O)O. The summed E-state index contributed by atoms with van der Waals surface area (Å²) in [6.45, 7) is 4.11. The van der Waals surface area contributed by atoms with Crippen molar-refractivity contribution in [3.05, 3.63) is 70.4 Å². The Bertz CT molecular complexity index is 1130. The number of benzene rings is 2. The molecule has 6 heteroatoms. The van der Waals surface area contributed by atoms with Crippen LogP contribution in [0.5, 0.6) is 0 Å². The molecule has 1 heterocycles. The number of hydrogen-bond donors (Lipinski definition) is 1. The Hall–Kier alpha value is -2.76. The highest BCUT2D eigenvalue weighted by atomic mass is 19.4. The van der Waals surface area contributed by atoms with Gasteiger partial charge < -0.3 is 9.67 Å². The van der Waals surface area contributed by atoms with Crippen LogP contribution in [0.15, 0.2) is 42.5 Å². The molecule has 0 aliphatic heterocycles. The van der Waals surface area contributed by atoms with E-state index >= 15 is 0 Å². The van der Waals surface area contributed by atoms with Crippen molar-refractivity contribution >= 4 is 16.9 Å². The third kappa shape index (κ3) is 4.15. The van der Waals surface area contributed by atoms with Gasteiger partial charge in [0.15, 0.2) is 0 Å². The molecule has 4 rings (SSSR count). The maximum absolute atomic E-state index is 13.1. The lowest BCUT2D eigenvalue weighted by Crippen LogP contribution is -2.21. The standard InChI is InChI=1S/C26H28F3NO2/c1-3-5-22(17-9-11-19(12-10-17)26(27,28)29)30-23-13-8-16(2)14-21(23)20-7-4-6-18(25(20)30)15-24(31)32/h8-14,18,22H,3-7,15H2,1-2H3,(H,31,32). The van der Waals surface area contributed by atoms with Crippen LogP contribution in [0.1, 0.15) is 78.9 Å². The van der Waals surface area contributed by atoms with Crippen LogP contribution in [0.3, 0.4) is 0 Å². The Morgan fingerprint density at radius 2 is 1.91 bits per heavy atom. The Labute approximate surface area is 185 Å². The lowest BCUT2D eigenvalue weighted by Gasteiger charge is -2.29. The molecule has 32 heavy (non-hydrogen) atoms. The van der Waals surface area contributed by atoms with Gasteiger partial charge in [0.1, 0.15) is 0 Å². The third-order valence-electron chi connectivity index (χ3n) is 6.59. The van der Waals surface area contributed by atoms with Crippen molar-refractivity contribution in [3.63, 3.8) is 0 Å². The highest BCUT2D eigenvalue weighted by Gasteiger charge is 2.33. The van der Waals surface area contributed by atoms with E-state index < -0.39 is 17.7 Å². The second-order valence-electron chi connectivity index (χ2n) is 8.87. The van der Waals surface area contributed by atoms with E-state index in [1.807, 2.05) is 13.0 Å². The summed E-state index contributed by atoms with van der Waals surface area (Å²) in [5.41, 5.74) is 4.59. The first kappa shape index (κ1) is 22.4. The number of carboxylic acids is 1. The number of aliphatic carboxylic acids is 1. The van der Waals surface area contributed by atoms with Crippen molar-refractivity contribution in [2.24, 2.45) is 0 Å². The van der Waals surface area contributed by atoms with Crippen molar-refractivity contribution in [3.8, 4) is 0 Å². The molecule has 3 aromatic rings. The van der Waals surface area contributed by atoms with Crippen molar-refractivity contribution in [2.45, 2.75) is 70.5 Å². The van der Waals surface area contributed by atoms with Gasteiger partial charge >= 0.3 is 12.1 Å². The van der Waals surface area contributed by atoms with Crippen LogP contribution in [0, 0.1) is 6.92 Å². The zero-order chi connectivity index (χ0) is 23.0. The fourth-order valence-electron chi connectivity index (χ4n) is 5.24. The lowest BCUT2D eigenvalue weighted by atomic mass is 9.84. The van der Waals surface area contributed by atoms with Crippen molar-refractivity contribution in [1.82, 2.24) is 4.57 Å². The molecule has 2 unspecified atom stereocenters. The van der Waals surface area contributed by atoms with Crippen molar-refractivity contribution < 1.29 is 23.1 Å². The van der Waals surface area contributed by atoms with Gasteiger partial charge in [-0.25, -0.2) is 0 Å². The summed E-state index contributed by atoms with van der Waals surface area (Å²) >= 11 is 0. The van der Waals surface area contributed by atoms with Crippen LogP contribution in [0.25, 0.3) is 10.9 Å². The second kappa shape index (κ2) is 8.64. The smallest absolute Gasteiger partial charge is 0.416 e. The van der Waals surface area contributed by atoms with E-state index in [0.717, 1.165) is 72.0 Å². The number of alkyl halides is 3. The average molecular weight is 444 g/mol. The molecular formula is C26H28F3NO2. The molecule has 1 aliphatic rings. The molecule has 170 valence electrons. The predicted octanol–water partition coefficient (Wildman–Crippen LogP) is 7.25. The van der Waals surface area contributed by atoms with E-state index in [2.05, 4.69) is 23.6 Å². The fraction of sp³-hybridized carbons (Fsp3) is 0.423. The minimum absolute atomic E-state index is 0.0637. The summed E-state index contributed by atoms with van der Waals surface area (Å²) in [5, 5.41) is 10.7. The summed E-state index contributed by atoms with van der Waals surface area (Å²) in [4.78, 5) is 11.6. The summed E-state index contributed by atoms with van der Waals surface area (Å²) < 4.78 is 41.6. The average Bonchev–Trinajstić information content (AvgIpc) is 3.05. The number of rotatable bonds is 6. The van der Waals surface area contributed by atoms with Gasteiger partial charge in [0.05, 0.1) is 18.0 Å². The fourth-order valence-corrected chi connectivity index (χ4v) is 5.24. The number of nitrogens with zero attached hydrogens (tertiary/aromatic N) is 1. The first-order valence-electron chi connectivity index (χ1n) is 11.2. The molecule has 3 nitrogen and oxygen atoms in total. The molecule has 0 radical (unpaired) electrons. The number of aryl methyl sites for hydroxylation is 2. The van der Waals surface area contributed by atoms with E-state index in [1.54, 1.807) is 12.1 Å². The van der Waals surface area contributed by atoms with E-state index in [4.69, 9.17) is 0 Å². The van der Waals surface area contributed by atoms with E-state index in [1.165, 1.54) is 5.56 Å². The number of aromatic nitrogens is 1. The molecule has 0 fully saturated rings. The van der Waals surface area contributed by atoms with Crippen LogP contribution < -0.4 is 0 Å². The maximum Gasteiger partial charge on any atom is 0.416 e. The third-order valence-corrected chi connectivity index (χ3v) is 6.59. The number of halogens is 3. The summed E-state index contributed by atoms with van der Waals surface area (Å²) in [7, 11) is 0. The normalized spacial score (nSPS) is 17.3. The quantitative estimate of drug-likeness (QED) is 0.436. The Morgan fingerprint density at radius 3 is 2.53 bits per heavy atom. The molecule has 0 amide bonds. The molecule has 0 saturated heterocycles. The monoisotopic (exact) mass is 443 g/mol. The van der Waals surface area contributed by atoms with Gasteiger partial charge in [0, 0.05) is 22.5 Å². The Balaban J connectivity index is 1.93. The number of carbonyl (C=O) groups is 1. The van der Waals surface area contributed by atoms with Gasteiger partial charge in [-0.05, 0) is 68.0 Å². The number of carboxylic acid groups (broad SMARTS) is 1. The molecule has 0 saturated carbocycles. The van der Waals surface area contributed by atoms with E-state index in [9.17, 15) is 23.1 Å². The van der Waals surface area contributed by atoms with Crippen molar-refractivity contribution in [1.29, 1.82) is 0 Å². The van der Waals surface area contributed by atoms with E-state index in [-0.39, 0.29) is 18.4 Å². The van der Waals surface area contributed by atoms with Gasteiger partial charge in [-0.1, -0.05) is 37.1 Å². The van der Waals surface area contributed by atoms with Crippen molar-refractivity contribution in [2.75, 3.05) is 0 Å². The summed E-state index contributed by atoms with van der Waals surface area (Å²) in [6.07, 6.45) is -0.0529. The molecule has 1 aliphatic carbocycles. The molecule has 0 bridgehead atoms. The molecular weight excluding hydrogens is 415 g/mol. The van der Waals surface area contributed by atoms with Gasteiger partial charge in [-0.15, -0.1) is 0 Å². The second-order valence-corrected chi connectivity index (χ2v) is 8.87. The van der Waals surface area contributed by atoms with Gasteiger partial charge in [-0.3, -0.25) is 4.79 Å². The zero-order valence-corrected chi connectivity index (χ0v) is 18.4. The molecule has 0 spiro atoms. The molecule has 1 N–H and O–H groups in total.